The minimum atomic E-state index is -0.476. The molecule has 0 saturated carbocycles. The zero-order valence-electron chi connectivity index (χ0n) is 25.3. The summed E-state index contributed by atoms with van der Waals surface area (Å²) in [6, 6.07) is 15.3. The summed E-state index contributed by atoms with van der Waals surface area (Å²) >= 11 is 13.8. The smallest absolute Gasteiger partial charge is 0.319 e. The summed E-state index contributed by atoms with van der Waals surface area (Å²) in [7, 11) is 2.80. The summed E-state index contributed by atoms with van der Waals surface area (Å²) in [5, 5.41) is 23.1. The van der Waals surface area contributed by atoms with E-state index in [1.54, 1.807) is 53.2 Å². The van der Waals surface area contributed by atoms with E-state index in [4.69, 9.17) is 37.8 Å². The van der Waals surface area contributed by atoms with E-state index in [-0.39, 0.29) is 42.4 Å². The SMILES string of the molecule is COC(=O)CNC1CCCn2nc(C(=O)Nc3cccc(-c4cccc(-c5cc(F)c(CNCCO)c(OC)c5)c4Cl)c3Cl)cc21. The Hall–Kier alpha value is -4.00. The van der Waals surface area contributed by atoms with Crippen LogP contribution in [0.2, 0.25) is 10.0 Å². The molecule has 4 aromatic rings. The first kappa shape index (κ1) is 33.4. The quantitative estimate of drug-likeness (QED) is 0.113. The average Bonchev–Trinajstić information content (AvgIpc) is 3.51. The predicted octanol–water partition coefficient (Wildman–Crippen LogP) is 5.60. The molecule has 1 aromatic heterocycles. The zero-order valence-corrected chi connectivity index (χ0v) is 26.8. The molecule has 3 aromatic carbocycles. The van der Waals surface area contributed by atoms with Crippen LogP contribution in [0.3, 0.4) is 0 Å². The van der Waals surface area contributed by atoms with Crippen molar-refractivity contribution in [3.05, 3.63) is 87.4 Å². The fraction of sp³-hybridized carbons (Fsp3) is 0.303. The number of aliphatic hydroxyl groups excluding tert-OH is 1. The van der Waals surface area contributed by atoms with Crippen molar-refractivity contribution in [1.29, 1.82) is 0 Å². The van der Waals surface area contributed by atoms with Gasteiger partial charge in [-0.3, -0.25) is 19.6 Å². The molecule has 0 aliphatic carbocycles. The van der Waals surface area contributed by atoms with Gasteiger partial charge in [0.05, 0.1) is 48.8 Å². The van der Waals surface area contributed by atoms with Gasteiger partial charge in [-0.1, -0.05) is 53.5 Å². The molecule has 46 heavy (non-hydrogen) atoms. The number of nitrogens with one attached hydrogen (secondary N) is 3. The highest BCUT2D eigenvalue weighted by Gasteiger charge is 2.26. The number of esters is 1. The van der Waals surface area contributed by atoms with Crippen LogP contribution in [0.25, 0.3) is 22.3 Å². The number of methoxy groups -OCH3 is 2. The number of aryl methyl sites for hydroxylation is 1. The minimum absolute atomic E-state index is 0.0523. The highest BCUT2D eigenvalue weighted by atomic mass is 35.5. The van der Waals surface area contributed by atoms with Gasteiger partial charge in [-0.2, -0.15) is 5.10 Å². The molecular weight excluding hydrogens is 636 g/mol. The normalized spacial score (nSPS) is 14.1. The van der Waals surface area contributed by atoms with Gasteiger partial charge in [-0.05, 0) is 42.7 Å². The van der Waals surface area contributed by atoms with Crippen molar-refractivity contribution in [3.8, 4) is 28.0 Å². The number of carbonyl (C=O) groups excluding carboxylic acids is 2. The molecule has 13 heteroatoms. The molecule has 0 saturated heterocycles. The predicted molar refractivity (Wildman–Crippen MR) is 175 cm³/mol. The van der Waals surface area contributed by atoms with Crippen molar-refractivity contribution in [2.45, 2.75) is 32.0 Å². The van der Waals surface area contributed by atoms with E-state index in [1.165, 1.54) is 20.3 Å². The Morgan fingerprint density at radius 2 is 1.80 bits per heavy atom. The van der Waals surface area contributed by atoms with Crippen LogP contribution in [0, 0.1) is 5.82 Å². The van der Waals surface area contributed by atoms with Crippen LogP contribution in [-0.2, 0) is 22.6 Å². The first-order chi connectivity index (χ1) is 22.2. The van der Waals surface area contributed by atoms with Gasteiger partial charge in [0.2, 0.25) is 0 Å². The summed E-state index contributed by atoms with van der Waals surface area (Å²) in [5.41, 5.74) is 3.96. The van der Waals surface area contributed by atoms with Crippen molar-refractivity contribution < 1.29 is 28.6 Å². The third-order valence-corrected chi connectivity index (χ3v) is 8.61. The number of benzene rings is 3. The summed E-state index contributed by atoms with van der Waals surface area (Å²) in [5.74, 6) is -0.946. The molecular formula is C33H34Cl2FN5O5. The van der Waals surface area contributed by atoms with Gasteiger partial charge in [0.25, 0.3) is 5.91 Å². The highest BCUT2D eigenvalue weighted by molar-refractivity contribution is 6.39. The number of ether oxygens (including phenoxy) is 2. The summed E-state index contributed by atoms with van der Waals surface area (Å²) in [4.78, 5) is 25.0. The highest BCUT2D eigenvalue weighted by Crippen LogP contribution is 2.42. The number of nitrogens with zero attached hydrogens (tertiary/aromatic N) is 2. The Bertz CT molecular complexity index is 1750. The summed E-state index contributed by atoms with van der Waals surface area (Å²) < 4.78 is 27.2. The van der Waals surface area contributed by atoms with Gasteiger partial charge < -0.3 is 25.2 Å². The second-order valence-electron chi connectivity index (χ2n) is 10.7. The van der Waals surface area contributed by atoms with Crippen LogP contribution in [-0.4, -0.2) is 60.7 Å². The molecule has 0 spiro atoms. The summed E-state index contributed by atoms with van der Waals surface area (Å²) in [6.07, 6.45) is 1.64. The number of hydrogen-bond donors (Lipinski definition) is 4. The van der Waals surface area contributed by atoms with Gasteiger partial charge in [0.1, 0.15) is 11.6 Å². The molecule has 2 heterocycles. The zero-order chi connectivity index (χ0) is 32.8. The van der Waals surface area contributed by atoms with Crippen molar-refractivity contribution >= 4 is 40.8 Å². The maximum absolute atomic E-state index is 15.2. The lowest BCUT2D eigenvalue weighted by Gasteiger charge is -2.24. The molecule has 5 rings (SSSR count). The van der Waals surface area contributed by atoms with Crippen molar-refractivity contribution in [2.75, 3.05) is 39.2 Å². The fourth-order valence-electron chi connectivity index (χ4n) is 5.48. The number of amides is 1. The van der Waals surface area contributed by atoms with Crippen molar-refractivity contribution in [1.82, 2.24) is 20.4 Å². The van der Waals surface area contributed by atoms with Gasteiger partial charge in [0.15, 0.2) is 5.69 Å². The number of aliphatic hydroxyl groups is 1. The van der Waals surface area contributed by atoms with E-state index >= 15 is 4.39 Å². The molecule has 1 aliphatic rings. The van der Waals surface area contributed by atoms with Crippen LogP contribution in [0.4, 0.5) is 10.1 Å². The number of rotatable bonds is 12. The Labute approximate surface area is 275 Å². The average molecular weight is 671 g/mol. The van der Waals surface area contributed by atoms with E-state index in [0.717, 1.165) is 18.5 Å². The van der Waals surface area contributed by atoms with Crippen LogP contribution in [0.5, 0.6) is 5.75 Å². The van der Waals surface area contributed by atoms with Crippen LogP contribution >= 0.6 is 23.2 Å². The monoisotopic (exact) mass is 669 g/mol. The van der Waals surface area contributed by atoms with Crippen molar-refractivity contribution in [3.63, 3.8) is 0 Å². The molecule has 0 fully saturated rings. The number of fused-ring (bicyclic) bond motifs is 1. The van der Waals surface area contributed by atoms with E-state index in [1.807, 2.05) is 0 Å². The maximum atomic E-state index is 15.2. The largest absolute Gasteiger partial charge is 0.496 e. The minimum Gasteiger partial charge on any atom is -0.496 e. The lowest BCUT2D eigenvalue weighted by atomic mass is 9.97. The number of hydrogen-bond acceptors (Lipinski definition) is 8. The Morgan fingerprint density at radius 1 is 1.07 bits per heavy atom. The maximum Gasteiger partial charge on any atom is 0.319 e. The third kappa shape index (κ3) is 7.19. The Balaban J connectivity index is 1.40. The topological polar surface area (TPSA) is 127 Å². The second kappa shape index (κ2) is 15.1. The third-order valence-electron chi connectivity index (χ3n) is 7.80. The molecule has 4 N–H and O–H groups in total. The van der Waals surface area contributed by atoms with E-state index in [0.29, 0.717) is 57.4 Å². The molecule has 0 radical (unpaired) electrons. The molecule has 1 atom stereocenters. The van der Waals surface area contributed by atoms with E-state index in [9.17, 15) is 9.59 Å². The summed E-state index contributed by atoms with van der Waals surface area (Å²) in [6.45, 7) is 1.15. The van der Waals surface area contributed by atoms with Crippen LogP contribution in [0.1, 0.15) is 40.6 Å². The first-order valence-electron chi connectivity index (χ1n) is 14.7. The van der Waals surface area contributed by atoms with Crippen molar-refractivity contribution in [2.24, 2.45) is 0 Å². The fourth-order valence-corrected chi connectivity index (χ4v) is 6.09. The second-order valence-corrected chi connectivity index (χ2v) is 11.4. The van der Waals surface area contributed by atoms with Gasteiger partial charge in [-0.25, -0.2) is 4.39 Å². The Morgan fingerprint density at radius 3 is 2.54 bits per heavy atom. The van der Waals surface area contributed by atoms with E-state index in [2.05, 4.69) is 21.0 Å². The van der Waals surface area contributed by atoms with Crippen LogP contribution < -0.4 is 20.7 Å². The molecule has 10 nitrogen and oxygen atoms in total. The van der Waals surface area contributed by atoms with Gasteiger partial charge in [0, 0.05) is 47.9 Å². The molecule has 1 aliphatic heterocycles. The van der Waals surface area contributed by atoms with Crippen LogP contribution in [0.15, 0.2) is 54.6 Å². The molecule has 242 valence electrons. The number of halogens is 3. The number of anilines is 1. The van der Waals surface area contributed by atoms with Gasteiger partial charge in [-0.15, -0.1) is 0 Å². The Kier molecular flexibility index (Phi) is 10.9. The first-order valence-corrected chi connectivity index (χ1v) is 15.5. The number of aromatic nitrogens is 2. The molecule has 1 unspecified atom stereocenters. The molecule has 1 amide bonds. The lowest BCUT2D eigenvalue weighted by Crippen LogP contribution is -2.32. The lowest BCUT2D eigenvalue weighted by molar-refractivity contribution is -0.139. The molecule has 0 bridgehead atoms. The van der Waals surface area contributed by atoms with Gasteiger partial charge >= 0.3 is 5.97 Å². The van der Waals surface area contributed by atoms with E-state index < -0.39 is 11.7 Å². The standard InChI is InChI=1S/C33H34Cl2FN5O5/c1-45-29-15-19(14-24(36)23(29)17-37-11-13-42)20-6-3-7-21(31(20)34)22-8-4-9-26(32(22)35)39-33(44)27-16-28-25(38-18-30(43)46-2)10-5-12-41(28)40-27/h3-4,6-9,14-16,25,37-38,42H,5,10-13,17-18H2,1-2H3,(H,39,44). The number of carbonyl (C=O) groups is 2.